The van der Waals surface area contributed by atoms with Crippen LogP contribution in [0, 0.1) is 3.57 Å². The van der Waals surface area contributed by atoms with Crippen LogP contribution in [0.15, 0.2) is 24.3 Å². The van der Waals surface area contributed by atoms with E-state index < -0.39 is 0 Å². The van der Waals surface area contributed by atoms with Gasteiger partial charge in [-0.1, -0.05) is 12.1 Å². The van der Waals surface area contributed by atoms with E-state index in [4.69, 9.17) is 4.74 Å². The second-order valence-corrected chi connectivity index (χ2v) is 5.59. The minimum Gasteiger partial charge on any atom is -0.378 e. The fourth-order valence-electron chi connectivity index (χ4n) is 2.05. The molecule has 2 nitrogen and oxygen atoms in total. The van der Waals surface area contributed by atoms with Gasteiger partial charge < -0.3 is 4.74 Å². The maximum absolute atomic E-state index is 12.0. The number of ketones is 1. The zero-order chi connectivity index (χ0) is 11.6. The van der Waals surface area contributed by atoms with Crippen molar-refractivity contribution in [1.82, 2.24) is 0 Å². The molecule has 0 spiro atoms. The smallest absolute Gasteiger partial charge is 0.165 e. The minimum absolute atomic E-state index is 0.167. The van der Waals surface area contributed by atoms with Crippen LogP contribution in [-0.4, -0.2) is 18.5 Å². The van der Waals surface area contributed by atoms with Crippen LogP contribution < -0.4 is 0 Å². The van der Waals surface area contributed by atoms with Gasteiger partial charge in [0.2, 0.25) is 0 Å². The van der Waals surface area contributed by atoms with Gasteiger partial charge in [-0.3, -0.25) is 4.79 Å². The summed E-state index contributed by atoms with van der Waals surface area (Å²) >= 11 is 2.24. The molecule has 0 aromatic heterocycles. The van der Waals surface area contributed by atoms with Gasteiger partial charge >= 0.3 is 0 Å². The van der Waals surface area contributed by atoms with E-state index >= 15 is 0 Å². The molecule has 0 heterocycles. The summed E-state index contributed by atoms with van der Waals surface area (Å²) < 4.78 is 6.62. The number of hydrogen-bond acceptors (Lipinski definition) is 2. The minimum atomic E-state index is -0.167. The summed E-state index contributed by atoms with van der Waals surface area (Å²) in [5.41, 5.74) is 0.629. The fraction of sp³-hybridized carbons (Fsp3) is 0.462. The molecule has 0 amide bonds. The van der Waals surface area contributed by atoms with Crippen molar-refractivity contribution in [2.45, 2.75) is 31.3 Å². The van der Waals surface area contributed by atoms with Crippen molar-refractivity contribution in [2.75, 3.05) is 7.11 Å². The SMILES string of the molecule is COC1(CC(=O)c2ccc(I)cc2)CCC1. The Morgan fingerprint density at radius 3 is 2.44 bits per heavy atom. The second kappa shape index (κ2) is 4.84. The highest BCUT2D eigenvalue weighted by Crippen LogP contribution is 2.38. The van der Waals surface area contributed by atoms with Gasteiger partial charge in [-0.05, 0) is 54.0 Å². The van der Waals surface area contributed by atoms with Gasteiger partial charge in [0.25, 0.3) is 0 Å². The molecule has 2 rings (SSSR count). The monoisotopic (exact) mass is 330 g/mol. The third-order valence-electron chi connectivity index (χ3n) is 3.35. The molecule has 1 aromatic rings. The number of carbonyl (C=O) groups is 1. The fourth-order valence-corrected chi connectivity index (χ4v) is 2.41. The number of rotatable bonds is 4. The van der Waals surface area contributed by atoms with E-state index in [1.165, 1.54) is 6.42 Å². The third-order valence-corrected chi connectivity index (χ3v) is 4.07. The predicted octanol–water partition coefficient (Wildman–Crippen LogP) is 3.43. The zero-order valence-corrected chi connectivity index (χ0v) is 11.5. The lowest BCUT2D eigenvalue weighted by molar-refractivity contribution is -0.0704. The number of benzene rings is 1. The molecule has 16 heavy (non-hydrogen) atoms. The molecular formula is C13H15IO2. The first kappa shape index (κ1) is 12.0. The van der Waals surface area contributed by atoms with E-state index in [0.717, 1.165) is 22.0 Å². The van der Waals surface area contributed by atoms with Crippen molar-refractivity contribution >= 4 is 28.4 Å². The van der Waals surface area contributed by atoms with Crippen LogP contribution >= 0.6 is 22.6 Å². The van der Waals surface area contributed by atoms with E-state index in [2.05, 4.69) is 22.6 Å². The first-order valence-electron chi connectivity index (χ1n) is 5.49. The summed E-state index contributed by atoms with van der Waals surface area (Å²) in [7, 11) is 1.71. The number of Topliss-reactive ketones (excluding diaryl/α,β-unsaturated/α-hetero) is 1. The van der Waals surface area contributed by atoms with Crippen LogP contribution in [-0.2, 0) is 4.74 Å². The molecule has 0 saturated heterocycles. The maximum Gasteiger partial charge on any atom is 0.165 e. The Balaban J connectivity index is 2.05. The number of halogens is 1. The molecule has 86 valence electrons. The van der Waals surface area contributed by atoms with E-state index in [9.17, 15) is 4.79 Å². The first-order valence-corrected chi connectivity index (χ1v) is 6.57. The summed E-state index contributed by atoms with van der Waals surface area (Å²) in [4.78, 5) is 12.0. The van der Waals surface area contributed by atoms with Gasteiger partial charge in [0.05, 0.1) is 5.60 Å². The van der Waals surface area contributed by atoms with E-state index in [1.807, 2.05) is 24.3 Å². The maximum atomic E-state index is 12.0. The lowest BCUT2D eigenvalue weighted by Gasteiger charge is -2.40. The van der Waals surface area contributed by atoms with Crippen LogP contribution in [0.25, 0.3) is 0 Å². The first-order chi connectivity index (χ1) is 7.65. The van der Waals surface area contributed by atoms with Crippen molar-refractivity contribution in [1.29, 1.82) is 0 Å². The molecule has 1 fully saturated rings. The lowest BCUT2D eigenvalue weighted by atomic mass is 9.76. The lowest BCUT2D eigenvalue weighted by Crippen LogP contribution is -2.41. The molecule has 0 unspecified atom stereocenters. The summed E-state index contributed by atoms with van der Waals surface area (Å²) in [6.07, 6.45) is 3.72. The van der Waals surface area contributed by atoms with Gasteiger partial charge in [-0.2, -0.15) is 0 Å². The normalized spacial score (nSPS) is 17.9. The van der Waals surface area contributed by atoms with Gasteiger partial charge in [0, 0.05) is 22.7 Å². The highest BCUT2D eigenvalue weighted by atomic mass is 127. The highest BCUT2D eigenvalue weighted by molar-refractivity contribution is 14.1. The molecule has 0 radical (unpaired) electrons. The average molecular weight is 330 g/mol. The Hall–Kier alpha value is -0.420. The van der Waals surface area contributed by atoms with Crippen LogP contribution in [0.1, 0.15) is 36.0 Å². The third kappa shape index (κ3) is 2.46. The molecule has 3 heteroatoms. The molecule has 1 aliphatic carbocycles. The quantitative estimate of drug-likeness (QED) is 0.625. The molecule has 1 aromatic carbocycles. The molecule has 1 saturated carbocycles. The highest BCUT2D eigenvalue weighted by Gasteiger charge is 2.38. The summed E-state index contributed by atoms with van der Waals surface area (Å²) in [6.45, 7) is 0. The van der Waals surface area contributed by atoms with E-state index in [0.29, 0.717) is 6.42 Å². The standard InChI is InChI=1S/C13H15IO2/c1-16-13(7-2-8-13)9-12(15)10-3-5-11(14)6-4-10/h3-6H,2,7-9H2,1H3. The van der Waals surface area contributed by atoms with Crippen LogP contribution in [0.5, 0.6) is 0 Å². The Labute approximate surface area is 110 Å². The van der Waals surface area contributed by atoms with E-state index in [-0.39, 0.29) is 11.4 Å². The van der Waals surface area contributed by atoms with Gasteiger partial charge in [-0.15, -0.1) is 0 Å². The largest absolute Gasteiger partial charge is 0.378 e. The topological polar surface area (TPSA) is 26.3 Å². The van der Waals surface area contributed by atoms with Crippen LogP contribution in [0.4, 0.5) is 0 Å². The van der Waals surface area contributed by atoms with Gasteiger partial charge in [0.1, 0.15) is 0 Å². The number of ether oxygens (including phenoxy) is 1. The number of carbonyl (C=O) groups excluding carboxylic acids is 1. The summed E-state index contributed by atoms with van der Waals surface area (Å²) in [5.74, 6) is 0.193. The number of hydrogen-bond donors (Lipinski definition) is 0. The molecule has 0 aliphatic heterocycles. The Morgan fingerprint density at radius 1 is 1.38 bits per heavy atom. The Kier molecular flexibility index (Phi) is 3.64. The molecule has 1 aliphatic rings. The molecule has 0 bridgehead atoms. The van der Waals surface area contributed by atoms with Crippen molar-refractivity contribution < 1.29 is 9.53 Å². The van der Waals surface area contributed by atoms with Gasteiger partial charge in [-0.25, -0.2) is 0 Å². The van der Waals surface area contributed by atoms with Crippen molar-refractivity contribution in [3.63, 3.8) is 0 Å². The predicted molar refractivity (Wildman–Crippen MR) is 71.7 cm³/mol. The van der Waals surface area contributed by atoms with Gasteiger partial charge in [0.15, 0.2) is 5.78 Å². The Bertz CT molecular complexity index is 374. The van der Waals surface area contributed by atoms with Crippen molar-refractivity contribution in [3.05, 3.63) is 33.4 Å². The van der Waals surface area contributed by atoms with E-state index in [1.54, 1.807) is 7.11 Å². The van der Waals surface area contributed by atoms with Crippen molar-refractivity contribution in [2.24, 2.45) is 0 Å². The van der Waals surface area contributed by atoms with Crippen LogP contribution in [0.2, 0.25) is 0 Å². The second-order valence-electron chi connectivity index (χ2n) is 4.35. The van der Waals surface area contributed by atoms with Crippen LogP contribution in [0.3, 0.4) is 0 Å². The summed E-state index contributed by atoms with van der Waals surface area (Å²) in [5, 5.41) is 0. The zero-order valence-electron chi connectivity index (χ0n) is 9.33. The molecular weight excluding hydrogens is 315 g/mol. The average Bonchev–Trinajstić information content (AvgIpc) is 2.24. The number of methoxy groups -OCH3 is 1. The van der Waals surface area contributed by atoms with Crippen molar-refractivity contribution in [3.8, 4) is 0 Å². The summed E-state index contributed by atoms with van der Waals surface area (Å²) in [6, 6.07) is 7.72. The Morgan fingerprint density at radius 2 is 2.00 bits per heavy atom. The molecule has 0 N–H and O–H groups in total. The molecule has 0 atom stereocenters.